The number of halogens is 1. The van der Waals surface area contributed by atoms with Crippen molar-refractivity contribution >= 4 is 5.82 Å². The lowest BCUT2D eigenvalue weighted by atomic mass is 9.94. The highest BCUT2D eigenvalue weighted by Crippen LogP contribution is 2.37. The zero-order chi connectivity index (χ0) is 21.5. The van der Waals surface area contributed by atoms with E-state index < -0.39 is 6.10 Å². The van der Waals surface area contributed by atoms with Gasteiger partial charge in [0.2, 0.25) is 0 Å². The van der Waals surface area contributed by atoms with Crippen LogP contribution in [-0.2, 0) is 6.54 Å². The number of ether oxygens (including phenoxy) is 1. The second-order valence-corrected chi connectivity index (χ2v) is 7.31. The SMILES string of the molecule is CC1Oc2cc(cnc2N)-c2c(C#N)ncn2Cc2ccncc2-c2ccc(F)cc21. The van der Waals surface area contributed by atoms with E-state index in [2.05, 4.69) is 21.0 Å². The van der Waals surface area contributed by atoms with Crippen LogP contribution < -0.4 is 10.5 Å². The lowest BCUT2D eigenvalue weighted by Gasteiger charge is -2.22. The first-order valence-corrected chi connectivity index (χ1v) is 9.65. The molecule has 1 unspecified atom stereocenters. The van der Waals surface area contributed by atoms with Crippen molar-refractivity contribution in [3.8, 4) is 34.2 Å². The standard InChI is InChI=1S/C23H17FN6O/c1-13-18-7-16(24)2-3-17(18)19-10-27-5-4-14(19)11-30-12-29-20(8-25)22(30)15-6-21(31-13)23(26)28-9-15/h2-7,9-10,12-13H,11H2,1H3,(H2,26,28). The third kappa shape index (κ3) is 3.16. The second kappa shape index (κ2) is 7.22. The Hall–Kier alpha value is -4.25. The van der Waals surface area contributed by atoms with E-state index in [1.54, 1.807) is 37.1 Å². The third-order valence-corrected chi connectivity index (χ3v) is 5.40. The zero-order valence-corrected chi connectivity index (χ0v) is 16.6. The first-order chi connectivity index (χ1) is 15.0. The Morgan fingerprint density at radius 2 is 2.06 bits per heavy atom. The third-order valence-electron chi connectivity index (χ3n) is 5.40. The number of nitriles is 1. The van der Waals surface area contributed by atoms with E-state index in [-0.39, 0.29) is 17.3 Å². The van der Waals surface area contributed by atoms with Gasteiger partial charge in [0.05, 0.1) is 12.0 Å². The molecular weight excluding hydrogens is 395 g/mol. The van der Waals surface area contributed by atoms with Crippen molar-refractivity contribution in [3.05, 3.63) is 77.9 Å². The molecule has 0 aliphatic carbocycles. The number of nitrogens with two attached hydrogens (primary N) is 1. The molecule has 3 aromatic heterocycles. The molecule has 152 valence electrons. The minimum absolute atomic E-state index is 0.206. The average Bonchev–Trinajstić information content (AvgIpc) is 3.17. The van der Waals surface area contributed by atoms with Crippen LogP contribution in [0.15, 0.2) is 55.2 Å². The minimum Gasteiger partial charge on any atom is -0.482 e. The van der Waals surface area contributed by atoms with Gasteiger partial charge in [0.1, 0.15) is 18.0 Å². The molecule has 2 bridgehead atoms. The molecule has 4 heterocycles. The van der Waals surface area contributed by atoms with Gasteiger partial charge in [-0.05, 0) is 42.3 Å². The molecule has 2 N–H and O–H groups in total. The van der Waals surface area contributed by atoms with Crippen molar-refractivity contribution < 1.29 is 9.13 Å². The number of benzene rings is 1. The molecule has 0 fully saturated rings. The largest absolute Gasteiger partial charge is 0.482 e. The van der Waals surface area contributed by atoms with Crippen LogP contribution in [0.1, 0.15) is 29.8 Å². The Labute approximate surface area is 177 Å². The molecule has 0 radical (unpaired) electrons. The van der Waals surface area contributed by atoms with E-state index in [1.165, 1.54) is 12.1 Å². The Morgan fingerprint density at radius 3 is 2.90 bits per heavy atom. The van der Waals surface area contributed by atoms with E-state index in [9.17, 15) is 9.65 Å². The number of pyridine rings is 2. The number of anilines is 1. The number of nitrogen functional groups attached to an aromatic ring is 1. The number of hydrogen-bond acceptors (Lipinski definition) is 6. The lowest BCUT2D eigenvalue weighted by molar-refractivity contribution is 0.228. The number of hydrogen-bond donors (Lipinski definition) is 1. The van der Waals surface area contributed by atoms with E-state index in [1.807, 2.05) is 17.6 Å². The summed E-state index contributed by atoms with van der Waals surface area (Å²) in [6.07, 6.45) is 6.15. The summed E-state index contributed by atoms with van der Waals surface area (Å²) in [4.78, 5) is 12.8. The van der Waals surface area contributed by atoms with Crippen LogP contribution in [0.25, 0.3) is 22.4 Å². The predicted octanol–water partition coefficient (Wildman–Crippen LogP) is 4.10. The smallest absolute Gasteiger partial charge is 0.166 e. The Kier molecular flexibility index (Phi) is 4.37. The van der Waals surface area contributed by atoms with Gasteiger partial charge in [0, 0.05) is 41.8 Å². The fraction of sp³-hybridized carbons (Fsp3) is 0.130. The van der Waals surface area contributed by atoms with E-state index in [0.717, 1.165) is 16.7 Å². The van der Waals surface area contributed by atoms with E-state index >= 15 is 0 Å². The van der Waals surface area contributed by atoms with Crippen molar-refractivity contribution in [1.82, 2.24) is 19.5 Å². The highest BCUT2D eigenvalue weighted by atomic mass is 19.1. The number of aromatic nitrogens is 4. The Morgan fingerprint density at radius 1 is 1.19 bits per heavy atom. The topological polar surface area (TPSA) is 103 Å². The molecule has 4 aromatic rings. The molecule has 5 rings (SSSR count). The van der Waals surface area contributed by atoms with Gasteiger partial charge in [0.25, 0.3) is 0 Å². The molecule has 0 saturated heterocycles. The maximum Gasteiger partial charge on any atom is 0.166 e. The van der Waals surface area contributed by atoms with Gasteiger partial charge in [-0.15, -0.1) is 0 Å². The van der Waals surface area contributed by atoms with Gasteiger partial charge >= 0.3 is 0 Å². The van der Waals surface area contributed by atoms with Crippen LogP contribution in [0.4, 0.5) is 10.2 Å². The van der Waals surface area contributed by atoms with Crippen LogP contribution in [0.3, 0.4) is 0 Å². The van der Waals surface area contributed by atoms with Gasteiger partial charge in [-0.1, -0.05) is 6.07 Å². The maximum atomic E-state index is 14.2. The molecule has 0 spiro atoms. The minimum atomic E-state index is -0.516. The van der Waals surface area contributed by atoms with Crippen LogP contribution in [0.2, 0.25) is 0 Å². The molecular formula is C23H17FN6O. The first-order valence-electron chi connectivity index (χ1n) is 9.65. The summed E-state index contributed by atoms with van der Waals surface area (Å²) in [6.45, 7) is 2.27. The molecule has 8 heteroatoms. The number of rotatable bonds is 0. The molecule has 1 aromatic carbocycles. The van der Waals surface area contributed by atoms with Gasteiger partial charge in [-0.2, -0.15) is 5.26 Å². The summed E-state index contributed by atoms with van der Waals surface area (Å²) < 4.78 is 22.2. The molecule has 0 saturated carbocycles. The fourth-order valence-corrected chi connectivity index (χ4v) is 3.92. The summed E-state index contributed by atoms with van der Waals surface area (Å²) in [5.41, 5.74) is 10.9. The van der Waals surface area contributed by atoms with Crippen molar-refractivity contribution in [2.45, 2.75) is 19.6 Å². The van der Waals surface area contributed by atoms with Crippen LogP contribution in [0.5, 0.6) is 5.75 Å². The van der Waals surface area contributed by atoms with Gasteiger partial charge < -0.3 is 15.0 Å². The fourth-order valence-electron chi connectivity index (χ4n) is 3.92. The quantitative estimate of drug-likeness (QED) is 0.466. The average molecular weight is 412 g/mol. The summed E-state index contributed by atoms with van der Waals surface area (Å²) in [5, 5.41) is 9.60. The monoisotopic (exact) mass is 412 g/mol. The van der Waals surface area contributed by atoms with Crippen molar-refractivity contribution in [2.75, 3.05) is 5.73 Å². The summed E-state index contributed by atoms with van der Waals surface area (Å²) in [5.74, 6) is 0.197. The highest BCUT2D eigenvalue weighted by Gasteiger charge is 2.22. The highest BCUT2D eigenvalue weighted by molar-refractivity contribution is 5.72. The van der Waals surface area contributed by atoms with Crippen LogP contribution in [0, 0.1) is 17.1 Å². The van der Waals surface area contributed by atoms with Crippen LogP contribution >= 0.6 is 0 Å². The molecule has 0 amide bonds. The zero-order valence-electron chi connectivity index (χ0n) is 16.6. The maximum absolute atomic E-state index is 14.2. The lowest BCUT2D eigenvalue weighted by Crippen LogP contribution is -2.11. The molecule has 1 aliphatic heterocycles. The number of fused-ring (bicyclic) bond motifs is 7. The number of nitrogens with zero attached hydrogens (tertiary/aromatic N) is 5. The van der Waals surface area contributed by atoms with E-state index in [0.29, 0.717) is 29.1 Å². The van der Waals surface area contributed by atoms with Crippen molar-refractivity contribution in [1.29, 1.82) is 5.26 Å². The first kappa shape index (κ1) is 18.8. The predicted molar refractivity (Wildman–Crippen MR) is 112 cm³/mol. The summed E-state index contributed by atoms with van der Waals surface area (Å²) >= 11 is 0. The number of imidazole rings is 1. The van der Waals surface area contributed by atoms with Gasteiger partial charge in [-0.25, -0.2) is 14.4 Å². The molecule has 31 heavy (non-hydrogen) atoms. The second-order valence-electron chi connectivity index (χ2n) is 7.31. The normalized spacial score (nSPS) is 14.7. The van der Waals surface area contributed by atoms with Crippen LogP contribution in [-0.4, -0.2) is 19.5 Å². The van der Waals surface area contributed by atoms with Gasteiger partial charge in [0.15, 0.2) is 17.3 Å². The Balaban J connectivity index is 1.83. The van der Waals surface area contributed by atoms with Crippen molar-refractivity contribution in [3.63, 3.8) is 0 Å². The summed E-state index contributed by atoms with van der Waals surface area (Å²) in [6, 6.07) is 10.4. The molecule has 7 nitrogen and oxygen atoms in total. The summed E-state index contributed by atoms with van der Waals surface area (Å²) in [7, 11) is 0. The van der Waals surface area contributed by atoms with E-state index in [4.69, 9.17) is 10.5 Å². The Bertz CT molecular complexity index is 1360. The molecule has 1 aliphatic rings. The molecule has 1 atom stereocenters. The van der Waals surface area contributed by atoms with Gasteiger partial charge in [-0.3, -0.25) is 4.98 Å². The van der Waals surface area contributed by atoms with Crippen molar-refractivity contribution in [2.24, 2.45) is 0 Å².